The largest absolute Gasteiger partial charge is 0.339 e. The molecular weight excluding hydrogens is 262 g/mol. The standard InChI is InChI=1S/C17H17N3O/c1-3-12(2)17-19-16(20-21-17)15-6-4-13(5-7-15)14-8-10-18-11-9-14/h4-12H,3H2,1-2H3. The fraction of sp³-hybridized carbons (Fsp3) is 0.235. The van der Waals surface area contributed by atoms with Crippen LogP contribution >= 0.6 is 0 Å². The monoisotopic (exact) mass is 279 g/mol. The van der Waals surface area contributed by atoms with Crippen LogP contribution in [0.1, 0.15) is 32.1 Å². The fourth-order valence-corrected chi connectivity index (χ4v) is 2.08. The van der Waals surface area contributed by atoms with Gasteiger partial charge in [0.2, 0.25) is 11.7 Å². The minimum absolute atomic E-state index is 0.294. The van der Waals surface area contributed by atoms with Crippen molar-refractivity contribution in [2.24, 2.45) is 0 Å². The summed E-state index contributed by atoms with van der Waals surface area (Å²) in [6.07, 6.45) is 4.57. The molecular formula is C17H17N3O. The third kappa shape index (κ3) is 2.84. The molecule has 1 unspecified atom stereocenters. The highest BCUT2D eigenvalue weighted by Crippen LogP contribution is 2.24. The Morgan fingerprint density at radius 3 is 2.24 bits per heavy atom. The lowest BCUT2D eigenvalue weighted by atomic mass is 10.1. The Kier molecular flexibility index (Phi) is 3.77. The second-order valence-electron chi connectivity index (χ2n) is 5.08. The van der Waals surface area contributed by atoms with Crippen LogP contribution in [0, 0.1) is 0 Å². The zero-order valence-electron chi connectivity index (χ0n) is 12.2. The lowest BCUT2D eigenvalue weighted by molar-refractivity contribution is 0.357. The molecule has 0 fully saturated rings. The maximum atomic E-state index is 5.32. The van der Waals surface area contributed by atoms with Crippen LogP contribution in [0.3, 0.4) is 0 Å². The van der Waals surface area contributed by atoms with Gasteiger partial charge in [0.1, 0.15) is 0 Å². The first-order chi connectivity index (χ1) is 10.3. The number of benzene rings is 1. The minimum Gasteiger partial charge on any atom is -0.339 e. The van der Waals surface area contributed by atoms with E-state index < -0.39 is 0 Å². The van der Waals surface area contributed by atoms with Crippen LogP contribution in [-0.2, 0) is 0 Å². The lowest BCUT2D eigenvalue weighted by Gasteiger charge is -2.01. The number of nitrogens with zero attached hydrogens (tertiary/aromatic N) is 3. The zero-order chi connectivity index (χ0) is 14.7. The van der Waals surface area contributed by atoms with Gasteiger partial charge in [0.15, 0.2) is 0 Å². The van der Waals surface area contributed by atoms with Gasteiger partial charge in [0.05, 0.1) is 0 Å². The van der Waals surface area contributed by atoms with Crippen LogP contribution in [-0.4, -0.2) is 15.1 Å². The minimum atomic E-state index is 0.294. The van der Waals surface area contributed by atoms with Crippen molar-refractivity contribution in [3.05, 3.63) is 54.7 Å². The number of aromatic nitrogens is 3. The van der Waals surface area contributed by atoms with Crippen molar-refractivity contribution >= 4 is 0 Å². The summed E-state index contributed by atoms with van der Waals surface area (Å²) in [6.45, 7) is 4.20. The molecule has 0 radical (unpaired) electrons. The van der Waals surface area contributed by atoms with Crippen molar-refractivity contribution in [3.63, 3.8) is 0 Å². The molecule has 2 aromatic heterocycles. The zero-order valence-corrected chi connectivity index (χ0v) is 12.2. The Morgan fingerprint density at radius 1 is 0.952 bits per heavy atom. The SMILES string of the molecule is CCC(C)c1nc(-c2ccc(-c3ccncc3)cc2)no1. The van der Waals surface area contributed by atoms with E-state index >= 15 is 0 Å². The van der Waals surface area contributed by atoms with Gasteiger partial charge < -0.3 is 4.52 Å². The molecule has 0 aliphatic rings. The molecule has 0 N–H and O–H groups in total. The molecule has 106 valence electrons. The molecule has 4 heteroatoms. The average Bonchev–Trinajstić information content (AvgIpc) is 3.05. The van der Waals surface area contributed by atoms with E-state index in [-0.39, 0.29) is 0 Å². The van der Waals surface area contributed by atoms with Gasteiger partial charge in [0, 0.05) is 23.9 Å². The summed E-state index contributed by atoms with van der Waals surface area (Å²) in [7, 11) is 0. The van der Waals surface area contributed by atoms with E-state index in [0.29, 0.717) is 17.6 Å². The van der Waals surface area contributed by atoms with E-state index in [1.54, 1.807) is 12.4 Å². The van der Waals surface area contributed by atoms with Crippen LogP contribution in [0.15, 0.2) is 53.3 Å². The average molecular weight is 279 g/mol. The van der Waals surface area contributed by atoms with Crippen molar-refractivity contribution in [2.45, 2.75) is 26.2 Å². The number of hydrogen-bond donors (Lipinski definition) is 0. The Bertz CT molecular complexity index is 704. The molecule has 21 heavy (non-hydrogen) atoms. The number of rotatable bonds is 4. The van der Waals surface area contributed by atoms with Crippen molar-refractivity contribution in [3.8, 4) is 22.5 Å². The normalized spacial score (nSPS) is 12.3. The Morgan fingerprint density at radius 2 is 1.57 bits per heavy atom. The molecule has 2 heterocycles. The molecule has 1 atom stereocenters. The predicted octanol–water partition coefficient (Wildman–Crippen LogP) is 4.31. The Hall–Kier alpha value is -2.49. The number of pyridine rings is 1. The van der Waals surface area contributed by atoms with Gasteiger partial charge in [-0.1, -0.05) is 43.3 Å². The maximum Gasteiger partial charge on any atom is 0.229 e. The second-order valence-corrected chi connectivity index (χ2v) is 5.08. The molecule has 0 aliphatic carbocycles. The molecule has 3 rings (SSSR count). The third-order valence-electron chi connectivity index (χ3n) is 3.63. The summed E-state index contributed by atoms with van der Waals surface area (Å²) in [5.41, 5.74) is 3.25. The van der Waals surface area contributed by atoms with Crippen LogP contribution in [0.4, 0.5) is 0 Å². The van der Waals surface area contributed by atoms with Gasteiger partial charge in [-0.15, -0.1) is 0 Å². The van der Waals surface area contributed by atoms with E-state index in [1.807, 2.05) is 24.3 Å². The van der Waals surface area contributed by atoms with Gasteiger partial charge in [-0.25, -0.2) is 0 Å². The first kappa shape index (κ1) is 13.5. The predicted molar refractivity (Wildman–Crippen MR) is 81.7 cm³/mol. The molecule has 0 saturated carbocycles. The first-order valence-electron chi connectivity index (χ1n) is 7.12. The van der Waals surface area contributed by atoms with Crippen molar-refractivity contribution < 1.29 is 4.52 Å². The van der Waals surface area contributed by atoms with Crippen LogP contribution in [0.25, 0.3) is 22.5 Å². The molecule has 0 spiro atoms. The maximum absolute atomic E-state index is 5.32. The summed E-state index contributed by atoms with van der Waals surface area (Å²) in [6, 6.07) is 12.1. The first-order valence-corrected chi connectivity index (χ1v) is 7.12. The van der Waals surface area contributed by atoms with E-state index in [4.69, 9.17) is 4.52 Å². The van der Waals surface area contributed by atoms with E-state index in [9.17, 15) is 0 Å². The van der Waals surface area contributed by atoms with E-state index in [0.717, 1.165) is 23.1 Å². The number of hydrogen-bond acceptors (Lipinski definition) is 4. The Labute approximate surface area is 123 Å². The van der Waals surface area contributed by atoms with Crippen LogP contribution in [0.2, 0.25) is 0 Å². The van der Waals surface area contributed by atoms with Gasteiger partial charge in [0.25, 0.3) is 0 Å². The summed E-state index contributed by atoms with van der Waals surface area (Å²) >= 11 is 0. The smallest absolute Gasteiger partial charge is 0.229 e. The molecule has 0 aliphatic heterocycles. The topological polar surface area (TPSA) is 51.8 Å². The highest BCUT2D eigenvalue weighted by Gasteiger charge is 2.13. The molecule has 0 saturated heterocycles. The third-order valence-corrected chi connectivity index (χ3v) is 3.63. The van der Waals surface area contributed by atoms with E-state index in [2.05, 4.69) is 41.1 Å². The highest BCUT2D eigenvalue weighted by molar-refractivity contribution is 5.67. The van der Waals surface area contributed by atoms with Crippen LogP contribution in [0.5, 0.6) is 0 Å². The quantitative estimate of drug-likeness (QED) is 0.714. The van der Waals surface area contributed by atoms with E-state index in [1.165, 1.54) is 0 Å². The van der Waals surface area contributed by atoms with Crippen molar-refractivity contribution in [2.75, 3.05) is 0 Å². The fourth-order valence-electron chi connectivity index (χ4n) is 2.08. The summed E-state index contributed by atoms with van der Waals surface area (Å²) in [4.78, 5) is 8.50. The molecule has 0 bridgehead atoms. The van der Waals surface area contributed by atoms with Crippen molar-refractivity contribution in [1.29, 1.82) is 0 Å². The van der Waals surface area contributed by atoms with Gasteiger partial charge in [-0.05, 0) is 29.7 Å². The summed E-state index contributed by atoms with van der Waals surface area (Å²) < 4.78 is 5.32. The van der Waals surface area contributed by atoms with Crippen LogP contribution < -0.4 is 0 Å². The Balaban J connectivity index is 1.86. The van der Waals surface area contributed by atoms with Gasteiger partial charge in [-0.3, -0.25) is 4.98 Å². The second kappa shape index (κ2) is 5.87. The highest BCUT2D eigenvalue weighted by atomic mass is 16.5. The van der Waals surface area contributed by atoms with Gasteiger partial charge >= 0.3 is 0 Å². The molecule has 3 aromatic rings. The molecule has 0 amide bonds. The lowest BCUT2D eigenvalue weighted by Crippen LogP contribution is -1.91. The van der Waals surface area contributed by atoms with Gasteiger partial charge in [-0.2, -0.15) is 4.98 Å². The molecule has 4 nitrogen and oxygen atoms in total. The summed E-state index contributed by atoms with van der Waals surface area (Å²) in [5.74, 6) is 1.64. The molecule has 1 aromatic carbocycles. The summed E-state index contributed by atoms with van der Waals surface area (Å²) in [5, 5.41) is 4.06. The van der Waals surface area contributed by atoms with Crippen molar-refractivity contribution in [1.82, 2.24) is 15.1 Å².